The average molecular weight is 271 g/mol. The number of nitrogens with one attached hydrogen (secondary N) is 2. The molecular weight excluding hydrogens is 259 g/mol. The molecule has 102 valence electrons. The molecule has 0 aliphatic carbocycles. The van der Waals surface area contributed by atoms with Crippen molar-refractivity contribution in [2.45, 2.75) is 12.7 Å². The number of hydrogen-bond acceptors (Lipinski definition) is 3. The van der Waals surface area contributed by atoms with Crippen LogP contribution in [-0.4, -0.2) is 23.0 Å². The molecule has 0 saturated carbocycles. The second-order valence-electron chi connectivity index (χ2n) is 3.86. The summed E-state index contributed by atoms with van der Waals surface area (Å²) in [6.45, 7) is -1.19. The molecule has 0 unspecified atom stereocenters. The van der Waals surface area contributed by atoms with Gasteiger partial charge in [-0.1, -0.05) is 30.3 Å². The largest absolute Gasteiger partial charge is 0.413 e. The van der Waals surface area contributed by atoms with Crippen molar-refractivity contribution < 1.29 is 18.0 Å². The number of aromatic nitrogens is 2. The van der Waals surface area contributed by atoms with E-state index in [1.54, 1.807) is 6.20 Å². The first-order valence-corrected chi connectivity index (χ1v) is 5.55. The quantitative estimate of drug-likeness (QED) is 0.649. The molecule has 0 bridgehead atoms. The molecule has 0 spiro atoms. The van der Waals surface area contributed by atoms with Gasteiger partial charge < -0.3 is 0 Å². The van der Waals surface area contributed by atoms with Crippen LogP contribution in [0.1, 0.15) is 5.56 Å². The molecular formula is C12H12F3N3O. The van der Waals surface area contributed by atoms with E-state index in [-0.39, 0.29) is 6.54 Å². The zero-order valence-electron chi connectivity index (χ0n) is 9.87. The number of nitrogens with zero attached hydrogens (tertiary/aromatic N) is 1. The minimum Gasteiger partial charge on any atom is -0.292 e. The Labute approximate surface area is 107 Å². The molecule has 0 aliphatic heterocycles. The maximum Gasteiger partial charge on any atom is 0.413 e. The predicted octanol–water partition coefficient (Wildman–Crippen LogP) is 2.66. The van der Waals surface area contributed by atoms with Crippen LogP contribution in [0.15, 0.2) is 36.5 Å². The molecule has 2 rings (SSSR count). The van der Waals surface area contributed by atoms with Crippen molar-refractivity contribution in [1.29, 1.82) is 0 Å². The third-order valence-corrected chi connectivity index (χ3v) is 2.38. The number of aromatic amines is 1. The van der Waals surface area contributed by atoms with Crippen LogP contribution in [0.5, 0.6) is 0 Å². The van der Waals surface area contributed by atoms with Crippen LogP contribution in [0.25, 0.3) is 11.3 Å². The summed E-state index contributed by atoms with van der Waals surface area (Å²) >= 11 is 0. The van der Waals surface area contributed by atoms with Crippen molar-refractivity contribution >= 4 is 0 Å². The fourth-order valence-corrected chi connectivity index (χ4v) is 1.56. The van der Waals surface area contributed by atoms with E-state index in [1.165, 1.54) is 0 Å². The van der Waals surface area contributed by atoms with Crippen LogP contribution < -0.4 is 5.48 Å². The molecule has 19 heavy (non-hydrogen) atoms. The third kappa shape index (κ3) is 4.08. The van der Waals surface area contributed by atoms with E-state index in [0.29, 0.717) is 0 Å². The van der Waals surface area contributed by atoms with Crippen LogP contribution in [0.2, 0.25) is 0 Å². The van der Waals surface area contributed by atoms with Crippen LogP contribution in [0.4, 0.5) is 13.2 Å². The van der Waals surface area contributed by atoms with Gasteiger partial charge in [0.05, 0.1) is 11.9 Å². The molecule has 0 fully saturated rings. The van der Waals surface area contributed by atoms with E-state index in [2.05, 4.69) is 20.5 Å². The monoisotopic (exact) mass is 271 g/mol. The zero-order valence-corrected chi connectivity index (χ0v) is 9.87. The Kier molecular flexibility index (Phi) is 4.18. The second-order valence-corrected chi connectivity index (χ2v) is 3.86. The lowest BCUT2D eigenvalue weighted by Gasteiger charge is -2.08. The minimum absolute atomic E-state index is 0.136. The van der Waals surface area contributed by atoms with Crippen molar-refractivity contribution in [3.63, 3.8) is 0 Å². The Morgan fingerprint density at radius 2 is 1.95 bits per heavy atom. The van der Waals surface area contributed by atoms with Gasteiger partial charge in [0, 0.05) is 12.1 Å². The number of rotatable bonds is 5. The molecule has 1 aromatic carbocycles. The fraction of sp³-hybridized carbons (Fsp3) is 0.250. The van der Waals surface area contributed by atoms with Gasteiger partial charge in [-0.25, -0.2) is 0 Å². The lowest BCUT2D eigenvalue weighted by atomic mass is 10.1. The first-order valence-electron chi connectivity index (χ1n) is 5.55. The van der Waals surface area contributed by atoms with Gasteiger partial charge in [0.1, 0.15) is 0 Å². The first-order chi connectivity index (χ1) is 9.06. The van der Waals surface area contributed by atoms with Gasteiger partial charge in [0.2, 0.25) is 0 Å². The normalized spacial score (nSPS) is 11.7. The van der Waals surface area contributed by atoms with Crippen molar-refractivity contribution in [2.24, 2.45) is 0 Å². The number of hydroxylamine groups is 1. The summed E-state index contributed by atoms with van der Waals surface area (Å²) < 4.78 is 35.6. The van der Waals surface area contributed by atoms with E-state index >= 15 is 0 Å². The lowest BCUT2D eigenvalue weighted by Crippen LogP contribution is -2.24. The summed E-state index contributed by atoms with van der Waals surface area (Å²) in [5, 5.41) is 6.69. The molecule has 0 radical (unpaired) electrons. The minimum atomic E-state index is -4.34. The van der Waals surface area contributed by atoms with Crippen molar-refractivity contribution in [2.75, 3.05) is 6.61 Å². The summed E-state index contributed by atoms with van der Waals surface area (Å²) in [6, 6.07) is 9.38. The summed E-state index contributed by atoms with van der Waals surface area (Å²) in [7, 11) is 0. The first kappa shape index (κ1) is 13.6. The molecule has 2 aromatic rings. The van der Waals surface area contributed by atoms with Crippen molar-refractivity contribution in [3.8, 4) is 11.3 Å². The zero-order chi connectivity index (χ0) is 13.7. The number of alkyl halides is 3. The van der Waals surface area contributed by atoms with Gasteiger partial charge in [-0.05, 0) is 5.56 Å². The molecule has 1 heterocycles. The standard InChI is InChI=1S/C12H12F3N3O/c13-12(14,15)8-19-17-7-10-6-16-18-11(10)9-4-2-1-3-5-9/h1-6,17H,7-8H2,(H,16,18). The van der Waals surface area contributed by atoms with E-state index < -0.39 is 12.8 Å². The Morgan fingerprint density at radius 1 is 1.21 bits per heavy atom. The van der Waals surface area contributed by atoms with Crippen LogP contribution in [0, 0.1) is 0 Å². The van der Waals surface area contributed by atoms with E-state index in [9.17, 15) is 13.2 Å². The lowest BCUT2D eigenvalue weighted by molar-refractivity contribution is -0.190. The molecule has 4 nitrogen and oxygen atoms in total. The molecule has 0 amide bonds. The van der Waals surface area contributed by atoms with E-state index in [4.69, 9.17) is 0 Å². The Hall–Kier alpha value is -1.86. The molecule has 0 saturated heterocycles. The Morgan fingerprint density at radius 3 is 2.63 bits per heavy atom. The van der Waals surface area contributed by atoms with Crippen molar-refractivity contribution in [1.82, 2.24) is 15.7 Å². The second kappa shape index (κ2) is 5.85. The highest BCUT2D eigenvalue weighted by molar-refractivity contribution is 5.62. The van der Waals surface area contributed by atoms with Gasteiger partial charge in [-0.3, -0.25) is 9.94 Å². The third-order valence-electron chi connectivity index (χ3n) is 2.38. The fourth-order valence-electron chi connectivity index (χ4n) is 1.56. The van der Waals surface area contributed by atoms with Crippen molar-refractivity contribution in [3.05, 3.63) is 42.1 Å². The summed E-state index contributed by atoms with van der Waals surface area (Å²) in [4.78, 5) is 4.35. The van der Waals surface area contributed by atoms with Gasteiger partial charge in [-0.15, -0.1) is 0 Å². The summed E-state index contributed by atoms with van der Waals surface area (Å²) in [6.07, 6.45) is -2.79. The summed E-state index contributed by atoms with van der Waals surface area (Å²) in [5.41, 5.74) is 4.67. The maximum atomic E-state index is 11.9. The molecule has 2 N–H and O–H groups in total. The van der Waals surface area contributed by atoms with Gasteiger partial charge >= 0.3 is 6.18 Å². The number of benzene rings is 1. The molecule has 7 heteroatoms. The van der Waals surface area contributed by atoms with E-state index in [1.807, 2.05) is 30.3 Å². The van der Waals surface area contributed by atoms with Gasteiger partial charge in [0.25, 0.3) is 0 Å². The molecule has 1 aromatic heterocycles. The highest BCUT2D eigenvalue weighted by atomic mass is 19.4. The predicted molar refractivity (Wildman–Crippen MR) is 62.9 cm³/mol. The smallest absolute Gasteiger partial charge is 0.292 e. The number of halogens is 3. The average Bonchev–Trinajstić information content (AvgIpc) is 2.83. The number of hydrogen-bond donors (Lipinski definition) is 2. The maximum absolute atomic E-state index is 11.9. The van der Waals surface area contributed by atoms with Crippen LogP contribution in [-0.2, 0) is 11.4 Å². The van der Waals surface area contributed by atoms with Gasteiger partial charge in [-0.2, -0.15) is 23.8 Å². The van der Waals surface area contributed by atoms with Crippen LogP contribution in [0.3, 0.4) is 0 Å². The SMILES string of the molecule is FC(F)(F)CONCc1cn[nH]c1-c1ccccc1. The van der Waals surface area contributed by atoms with Crippen LogP contribution >= 0.6 is 0 Å². The highest BCUT2D eigenvalue weighted by Crippen LogP contribution is 2.20. The van der Waals surface area contributed by atoms with E-state index in [0.717, 1.165) is 16.8 Å². The Balaban J connectivity index is 1.94. The highest BCUT2D eigenvalue weighted by Gasteiger charge is 2.27. The molecule has 0 aliphatic rings. The Bertz CT molecular complexity index is 510. The number of H-pyrrole nitrogens is 1. The van der Waals surface area contributed by atoms with Gasteiger partial charge in [0.15, 0.2) is 6.61 Å². The summed E-state index contributed by atoms with van der Waals surface area (Å²) in [5.74, 6) is 0. The molecule has 0 atom stereocenters. The topological polar surface area (TPSA) is 49.9 Å².